The van der Waals surface area contributed by atoms with Gasteiger partial charge in [0.2, 0.25) is 5.91 Å². The highest BCUT2D eigenvalue weighted by molar-refractivity contribution is 5.93. The normalized spacial score (nSPS) is 11.5. The van der Waals surface area contributed by atoms with Crippen molar-refractivity contribution in [2.45, 2.75) is 26.1 Å². The second-order valence-electron chi connectivity index (χ2n) is 6.57. The number of nitrogens with one attached hydrogen (secondary N) is 2. The predicted octanol–water partition coefficient (Wildman–Crippen LogP) is 2.05. The summed E-state index contributed by atoms with van der Waals surface area (Å²) in [5, 5.41) is 5.53. The fraction of sp³-hybridized carbons (Fsp3) is 0.182. The minimum atomic E-state index is -0.515. The van der Waals surface area contributed by atoms with Gasteiger partial charge in [-0.25, -0.2) is 0 Å². The number of hydrogen-bond acceptors (Lipinski definition) is 4. The smallest absolute Gasteiger partial charge is 0.263 e. The predicted molar refractivity (Wildman–Crippen MR) is 109 cm³/mol. The van der Waals surface area contributed by atoms with Crippen LogP contribution in [0.1, 0.15) is 34.6 Å². The summed E-state index contributed by atoms with van der Waals surface area (Å²) in [5.41, 5.74) is 1.13. The first-order valence-corrected chi connectivity index (χ1v) is 9.26. The molecule has 7 heteroatoms. The van der Waals surface area contributed by atoms with Gasteiger partial charge < -0.3 is 15.2 Å². The number of carbonyl (C=O) groups is 2. The Morgan fingerprint density at radius 2 is 1.79 bits per heavy atom. The molecule has 0 aliphatic carbocycles. The van der Waals surface area contributed by atoms with Gasteiger partial charge in [0.15, 0.2) is 0 Å². The van der Waals surface area contributed by atoms with Crippen LogP contribution in [0.2, 0.25) is 0 Å². The number of benzene rings is 1. The van der Waals surface area contributed by atoms with Crippen molar-refractivity contribution >= 4 is 11.8 Å². The monoisotopic (exact) mass is 390 g/mol. The van der Waals surface area contributed by atoms with Crippen LogP contribution in [0.15, 0.2) is 77.9 Å². The number of carbonyl (C=O) groups excluding carboxylic acids is 2. The molecule has 3 rings (SSSR count). The Hall–Kier alpha value is -3.74. The maximum atomic E-state index is 12.6. The van der Waals surface area contributed by atoms with E-state index in [1.165, 1.54) is 16.8 Å². The highest BCUT2D eigenvalue weighted by Gasteiger charge is 2.15. The zero-order valence-corrected chi connectivity index (χ0v) is 16.0. The number of nitrogens with zero attached hydrogens (tertiary/aromatic N) is 2. The molecular weight excluding hydrogens is 368 g/mol. The van der Waals surface area contributed by atoms with Gasteiger partial charge in [-0.05, 0) is 36.8 Å². The molecule has 0 aliphatic rings. The zero-order valence-electron chi connectivity index (χ0n) is 16.0. The van der Waals surface area contributed by atoms with Crippen LogP contribution in [0.4, 0.5) is 0 Å². The summed E-state index contributed by atoms with van der Waals surface area (Å²) in [7, 11) is 0. The van der Waals surface area contributed by atoms with Crippen LogP contribution in [-0.2, 0) is 17.9 Å². The minimum absolute atomic E-state index is 0.00555. The number of rotatable bonds is 7. The molecule has 7 nitrogen and oxygen atoms in total. The van der Waals surface area contributed by atoms with E-state index in [1.807, 2.05) is 49.4 Å². The van der Waals surface area contributed by atoms with Crippen molar-refractivity contribution in [1.29, 1.82) is 0 Å². The summed E-state index contributed by atoms with van der Waals surface area (Å²) in [6, 6.07) is 17.6. The van der Waals surface area contributed by atoms with E-state index in [2.05, 4.69) is 15.6 Å². The van der Waals surface area contributed by atoms with Crippen LogP contribution in [-0.4, -0.2) is 21.4 Å². The lowest BCUT2D eigenvalue weighted by molar-refractivity contribution is -0.122. The first-order valence-electron chi connectivity index (χ1n) is 9.26. The van der Waals surface area contributed by atoms with Crippen molar-refractivity contribution in [3.63, 3.8) is 0 Å². The standard InChI is InChI=1S/C22H22N4O3/c1-16(19-11-5-6-12-23-19)25-20(27)15-26-13-7-10-18(22(26)29)21(28)24-14-17-8-3-2-4-9-17/h2-13,16H,14-15H2,1H3,(H,24,28)(H,25,27)/t16-/m0/s1. The third-order valence-corrected chi connectivity index (χ3v) is 4.38. The molecule has 0 radical (unpaired) electrons. The Morgan fingerprint density at radius 1 is 1.03 bits per heavy atom. The van der Waals surface area contributed by atoms with Gasteiger partial charge in [-0.1, -0.05) is 36.4 Å². The SMILES string of the molecule is C[C@H](NC(=O)Cn1cccc(C(=O)NCc2ccccc2)c1=O)c1ccccn1. The van der Waals surface area contributed by atoms with Crippen molar-refractivity contribution < 1.29 is 9.59 Å². The molecule has 29 heavy (non-hydrogen) atoms. The van der Waals surface area contributed by atoms with Crippen molar-refractivity contribution in [1.82, 2.24) is 20.2 Å². The van der Waals surface area contributed by atoms with Gasteiger partial charge in [0, 0.05) is 18.9 Å². The highest BCUT2D eigenvalue weighted by atomic mass is 16.2. The molecule has 0 fully saturated rings. The molecule has 148 valence electrons. The topological polar surface area (TPSA) is 93.1 Å². The highest BCUT2D eigenvalue weighted by Crippen LogP contribution is 2.07. The molecule has 0 bridgehead atoms. The van der Waals surface area contributed by atoms with E-state index in [4.69, 9.17) is 0 Å². The van der Waals surface area contributed by atoms with Crippen molar-refractivity contribution in [2.75, 3.05) is 0 Å². The lowest BCUT2D eigenvalue weighted by Gasteiger charge is -2.14. The molecule has 2 heterocycles. The molecule has 0 saturated heterocycles. The quantitative estimate of drug-likeness (QED) is 0.646. The van der Waals surface area contributed by atoms with Crippen LogP contribution in [0.5, 0.6) is 0 Å². The van der Waals surface area contributed by atoms with Crippen LogP contribution >= 0.6 is 0 Å². The van der Waals surface area contributed by atoms with E-state index in [1.54, 1.807) is 18.3 Å². The molecule has 1 atom stereocenters. The maximum absolute atomic E-state index is 12.6. The third-order valence-electron chi connectivity index (χ3n) is 4.38. The van der Waals surface area contributed by atoms with Crippen LogP contribution in [0, 0.1) is 0 Å². The summed E-state index contributed by atoms with van der Waals surface area (Å²) in [6.07, 6.45) is 3.14. The van der Waals surface area contributed by atoms with Gasteiger partial charge in [0.05, 0.1) is 11.7 Å². The second kappa shape index (κ2) is 9.45. The Morgan fingerprint density at radius 3 is 2.52 bits per heavy atom. The average molecular weight is 390 g/mol. The van der Waals surface area contributed by atoms with Crippen LogP contribution in [0.3, 0.4) is 0 Å². The summed E-state index contributed by atoms with van der Waals surface area (Å²) in [4.78, 5) is 41.6. The summed E-state index contributed by atoms with van der Waals surface area (Å²) < 4.78 is 1.22. The first kappa shape index (κ1) is 20.0. The second-order valence-corrected chi connectivity index (χ2v) is 6.57. The first-order chi connectivity index (χ1) is 14.0. The number of aromatic nitrogens is 2. The van der Waals surface area contributed by atoms with Crippen molar-refractivity contribution in [3.8, 4) is 0 Å². The summed E-state index contributed by atoms with van der Waals surface area (Å²) in [6.45, 7) is 1.95. The summed E-state index contributed by atoms with van der Waals surface area (Å²) >= 11 is 0. The van der Waals surface area contributed by atoms with Crippen molar-refractivity contribution in [3.05, 3.63) is 100 Å². The molecule has 3 aromatic rings. The van der Waals surface area contributed by atoms with E-state index >= 15 is 0 Å². The van der Waals surface area contributed by atoms with Crippen molar-refractivity contribution in [2.24, 2.45) is 0 Å². The lowest BCUT2D eigenvalue weighted by Crippen LogP contribution is -2.37. The van der Waals surface area contributed by atoms with Crippen LogP contribution in [0.25, 0.3) is 0 Å². The third kappa shape index (κ3) is 5.38. The Kier molecular flexibility index (Phi) is 6.52. The van der Waals surface area contributed by atoms with E-state index in [0.717, 1.165) is 11.3 Å². The van der Waals surface area contributed by atoms with Gasteiger partial charge in [-0.15, -0.1) is 0 Å². The van der Waals surface area contributed by atoms with E-state index < -0.39 is 11.5 Å². The molecule has 1 aromatic carbocycles. The van der Waals surface area contributed by atoms with Crippen LogP contribution < -0.4 is 16.2 Å². The number of amides is 2. The molecule has 2 amide bonds. The average Bonchev–Trinajstić information content (AvgIpc) is 2.75. The minimum Gasteiger partial charge on any atom is -0.348 e. The number of hydrogen-bond donors (Lipinski definition) is 2. The fourth-order valence-electron chi connectivity index (χ4n) is 2.86. The van der Waals surface area contributed by atoms with Gasteiger partial charge in [-0.3, -0.25) is 19.4 Å². The molecule has 0 aliphatic heterocycles. The lowest BCUT2D eigenvalue weighted by atomic mass is 10.2. The largest absolute Gasteiger partial charge is 0.348 e. The van der Waals surface area contributed by atoms with Gasteiger partial charge in [0.25, 0.3) is 11.5 Å². The Labute approximate surface area is 168 Å². The van der Waals surface area contributed by atoms with Gasteiger partial charge >= 0.3 is 0 Å². The number of pyridine rings is 2. The molecule has 2 aromatic heterocycles. The van der Waals surface area contributed by atoms with E-state index in [-0.39, 0.29) is 24.1 Å². The zero-order chi connectivity index (χ0) is 20.6. The van der Waals surface area contributed by atoms with Gasteiger partial charge in [0.1, 0.15) is 12.1 Å². The van der Waals surface area contributed by atoms with Gasteiger partial charge in [-0.2, -0.15) is 0 Å². The Bertz CT molecular complexity index is 1030. The van der Waals surface area contributed by atoms with E-state index in [0.29, 0.717) is 6.54 Å². The van der Waals surface area contributed by atoms with E-state index in [9.17, 15) is 14.4 Å². The maximum Gasteiger partial charge on any atom is 0.263 e. The molecule has 0 unspecified atom stereocenters. The molecule has 0 spiro atoms. The Balaban J connectivity index is 1.64. The molecule has 2 N–H and O–H groups in total. The molecule has 0 saturated carbocycles. The summed E-state index contributed by atoms with van der Waals surface area (Å²) in [5.74, 6) is -0.817. The molecular formula is C22H22N4O3. The fourth-order valence-corrected chi connectivity index (χ4v) is 2.86.